The molecule has 1 aromatic heterocycles. The lowest BCUT2D eigenvalue weighted by atomic mass is 10.1. The molecular formula is C28H33N3O6. The number of nitriles is 1. The summed E-state index contributed by atoms with van der Waals surface area (Å²) >= 11 is 0. The number of unbranched alkanes of at least 4 members (excludes halogenated alkanes) is 2. The van der Waals surface area contributed by atoms with Crippen molar-refractivity contribution in [2.24, 2.45) is 0 Å². The van der Waals surface area contributed by atoms with Crippen LogP contribution < -0.4 is 20.4 Å². The Morgan fingerprint density at radius 2 is 1.97 bits per heavy atom. The zero-order valence-electron chi connectivity index (χ0n) is 21.5. The van der Waals surface area contributed by atoms with Gasteiger partial charge in [0.25, 0.3) is 5.91 Å². The molecule has 0 unspecified atom stereocenters. The molecule has 196 valence electrons. The maximum absolute atomic E-state index is 13.3. The van der Waals surface area contributed by atoms with Gasteiger partial charge < -0.3 is 24.1 Å². The van der Waals surface area contributed by atoms with Crippen molar-refractivity contribution in [3.63, 3.8) is 0 Å². The number of aryl methyl sites for hydroxylation is 1. The molecule has 0 saturated carbocycles. The van der Waals surface area contributed by atoms with E-state index in [9.17, 15) is 14.4 Å². The van der Waals surface area contributed by atoms with Crippen LogP contribution in [0.15, 0.2) is 51.2 Å². The Morgan fingerprint density at radius 1 is 1.19 bits per heavy atom. The van der Waals surface area contributed by atoms with Crippen LogP contribution >= 0.6 is 0 Å². The summed E-state index contributed by atoms with van der Waals surface area (Å²) in [6, 6.07) is 10.0. The van der Waals surface area contributed by atoms with Gasteiger partial charge in [-0.15, -0.1) is 0 Å². The number of hydrogen-bond acceptors (Lipinski definition) is 7. The molecular weight excluding hydrogens is 474 g/mol. The molecule has 1 aromatic carbocycles. The van der Waals surface area contributed by atoms with E-state index in [0.717, 1.165) is 30.4 Å². The minimum atomic E-state index is -0.687. The smallest absolute Gasteiger partial charge is 0.348 e. The quantitative estimate of drug-likeness (QED) is 0.363. The zero-order chi connectivity index (χ0) is 26.8. The van der Waals surface area contributed by atoms with Gasteiger partial charge in [0.1, 0.15) is 11.3 Å². The highest BCUT2D eigenvalue weighted by Crippen LogP contribution is 2.28. The van der Waals surface area contributed by atoms with Gasteiger partial charge in [0.2, 0.25) is 5.91 Å². The van der Waals surface area contributed by atoms with E-state index >= 15 is 0 Å². The molecule has 1 aliphatic heterocycles. The second kappa shape index (κ2) is 13.3. The fourth-order valence-electron chi connectivity index (χ4n) is 4.37. The molecule has 37 heavy (non-hydrogen) atoms. The summed E-state index contributed by atoms with van der Waals surface area (Å²) in [7, 11) is 3.09. The van der Waals surface area contributed by atoms with Gasteiger partial charge in [0, 0.05) is 38.0 Å². The molecule has 2 amide bonds. The van der Waals surface area contributed by atoms with E-state index in [-0.39, 0.29) is 31.0 Å². The molecule has 1 saturated heterocycles. The normalized spacial score (nSPS) is 15.9. The van der Waals surface area contributed by atoms with Crippen LogP contribution in [0, 0.1) is 11.3 Å². The highest BCUT2D eigenvalue weighted by molar-refractivity contribution is 5.94. The van der Waals surface area contributed by atoms with Crippen LogP contribution in [-0.4, -0.2) is 43.5 Å². The van der Waals surface area contributed by atoms with Crippen LogP contribution in [0.25, 0.3) is 0 Å². The van der Waals surface area contributed by atoms with Crippen LogP contribution in [0.1, 0.15) is 60.7 Å². The molecule has 1 fully saturated rings. The molecule has 0 bridgehead atoms. The molecule has 0 radical (unpaired) electrons. The van der Waals surface area contributed by atoms with Gasteiger partial charge in [0.15, 0.2) is 11.5 Å². The molecule has 9 heteroatoms. The number of rotatable bonds is 11. The topological polar surface area (TPSA) is 122 Å². The fourth-order valence-corrected chi connectivity index (χ4v) is 4.37. The Kier molecular flexibility index (Phi) is 9.90. The van der Waals surface area contributed by atoms with Gasteiger partial charge in [-0.05, 0) is 48.2 Å². The van der Waals surface area contributed by atoms with Crippen molar-refractivity contribution in [3.05, 3.63) is 69.3 Å². The third-order valence-electron chi connectivity index (χ3n) is 6.34. The summed E-state index contributed by atoms with van der Waals surface area (Å²) in [6.07, 6.45) is 5.42. The third kappa shape index (κ3) is 7.23. The van der Waals surface area contributed by atoms with E-state index in [1.165, 1.54) is 17.0 Å². The average molecular weight is 508 g/mol. The number of carbonyl (C=O) groups excluding carboxylic acids is 2. The number of hydrogen-bond donors (Lipinski definition) is 1. The highest BCUT2D eigenvalue weighted by atomic mass is 16.5. The number of nitrogens with one attached hydrogen (secondary N) is 1. The standard InChI is InChI=1S/C28H33N3O6/c1-4-5-6-7-22-9-10-23(28(34)37-22)27(33)31-18-20(12-13-29)14-21(31)16-26(32)30-17-19-8-11-24(35-2)25(15-19)36-3/h8-12,15,21H,4-7,14,16-18H2,1-3H3,(H,30,32)/t21-/m0/s1. The second-order valence-electron chi connectivity index (χ2n) is 8.95. The summed E-state index contributed by atoms with van der Waals surface area (Å²) in [5.74, 6) is 0.936. The zero-order valence-corrected chi connectivity index (χ0v) is 21.5. The van der Waals surface area contributed by atoms with E-state index in [1.54, 1.807) is 32.4 Å². The Balaban J connectivity index is 1.69. The Morgan fingerprint density at radius 3 is 2.65 bits per heavy atom. The summed E-state index contributed by atoms with van der Waals surface area (Å²) in [5, 5.41) is 12.0. The number of likely N-dealkylation sites (tertiary alicyclic amines) is 1. The molecule has 3 rings (SSSR count). The van der Waals surface area contributed by atoms with E-state index < -0.39 is 17.6 Å². The molecule has 1 aliphatic rings. The molecule has 0 aliphatic carbocycles. The van der Waals surface area contributed by atoms with Crippen LogP contribution in [0.2, 0.25) is 0 Å². The number of benzene rings is 1. The lowest BCUT2D eigenvalue weighted by molar-refractivity contribution is -0.122. The average Bonchev–Trinajstić information content (AvgIpc) is 3.29. The maximum Gasteiger partial charge on any atom is 0.348 e. The van der Waals surface area contributed by atoms with Gasteiger partial charge in [-0.2, -0.15) is 5.26 Å². The number of carbonyl (C=O) groups is 2. The number of amides is 2. The van der Waals surface area contributed by atoms with Crippen molar-refractivity contribution in [1.29, 1.82) is 5.26 Å². The number of nitrogens with zero attached hydrogens (tertiary/aromatic N) is 2. The molecule has 9 nitrogen and oxygen atoms in total. The largest absolute Gasteiger partial charge is 0.493 e. The minimum Gasteiger partial charge on any atom is -0.493 e. The first kappa shape index (κ1) is 27.5. The second-order valence-corrected chi connectivity index (χ2v) is 8.95. The fraction of sp³-hybridized carbons (Fsp3) is 0.429. The SMILES string of the molecule is CCCCCc1ccc(C(=O)N2CC(=CC#N)C[C@H]2CC(=O)NCc2ccc(OC)c(OC)c2)c(=O)o1. The third-order valence-corrected chi connectivity index (χ3v) is 6.34. The highest BCUT2D eigenvalue weighted by Gasteiger charge is 2.35. The molecule has 1 atom stereocenters. The maximum atomic E-state index is 13.3. The molecule has 2 aromatic rings. The molecule has 1 N–H and O–H groups in total. The Bertz CT molecular complexity index is 1240. The van der Waals surface area contributed by atoms with Crippen LogP contribution in [0.4, 0.5) is 0 Å². The first-order valence-corrected chi connectivity index (χ1v) is 12.4. The van der Waals surface area contributed by atoms with Gasteiger partial charge in [-0.3, -0.25) is 9.59 Å². The Labute approximate surface area is 216 Å². The predicted octanol–water partition coefficient (Wildman–Crippen LogP) is 3.76. The van der Waals surface area contributed by atoms with Gasteiger partial charge in [0.05, 0.1) is 20.3 Å². The van der Waals surface area contributed by atoms with Crippen LogP contribution in [0.3, 0.4) is 0 Å². The number of allylic oxidation sites excluding steroid dienone is 1. The van der Waals surface area contributed by atoms with Gasteiger partial charge in [-0.25, -0.2) is 4.79 Å². The minimum absolute atomic E-state index is 0.0300. The predicted molar refractivity (Wildman–Crippen MR) is 137 cm³/mol. The lowest BCUT2D eigenvalue weighted by Gasteiger charge is -2.23. The van der Waals surface area contributed by atoms with E-state index in [1.807, 2.05) is 12.1 Å². The van der Waals surface area contributed by atoms with Gasteiger partial charge in [-0.1, -0.05) is 25.8 Å². The van der Waals surface area contributed by atoms with Crippen LogP contribution in [0.5, 0.6) is 11.5 Å². The summed E-state index contributed by atoms with van der Waals surface area (Å²) in [4.78, 5) is 40.1. The number of methoxy groups -OCH3 is 2. The molecule has 2 heterocycles. The lowest BCUT2D eigenvalue weighted by Crippen LogP contribution is -2.40. The first-order chi connectivity index (χ1) is 17.9. The van der Waals surface area contributed by atoms with Crippen molar-refractivity contribution >= 4 is 11.8 Å². The summed E-state index contributed by atoms with van der Waals surface area (Å²) in [5.41, 5.74) is 0.794. The van der Waals surface area contributed by atoms with Gasteiger partial charge >= 0.3 is 5.63 Å². The monoisotopic (exact) mass is 507 g/mol. The van der Waals surface area contributed by atoms with Crippen molar-refractivity contribution in [1.82, 2.24) is 10.2 Å². The van der Waals surface area contributed by atoms with E-state index in [4.69, 9.17) is 19.2 Å². The van der Waals surface area contributed by atoms with Crippen LogP contribution in [-0.2, 0) is 17.8 Å². The van der Waals surface area contributed by atoms with Crippen molar-refractivity contribution < 1.29 is 23.5 Å². The van der Waals surface area contributed by atoms with Crippen molar-refractivity contribution in [3.8, 4) is 17.6 Å². The number of ether oxygens (including phenoxy) is 2. The van der Waals surface area contributed by atoms with Crippen molar-refractivity contribution in [2.45, 2.75) is 58.0 Å². The Hall–Kier alpha value is -4.06. The van der Waals surface area contributed by atoms with E-state index in [2.05, 4.69) is 12.2 Å². The molecule has 0 spiro atoms. The van der Waals surface area contributed by atoms with E-state index in [0.29, 0.717) is 30.1 Å². The summed E-state index contributed by atoms with van der Waals surface area (Å²) < 4.78 is 15.9. The van der Waals surface area contributed by atoms with Crippen molar-refractivity contribution in [2.75, 3.05) is 20.8 Å². The first-order valence-electron chi connectivity index (χ1n) is 12.4. The summed E-state index contributed by atoms with van der Waals surface area (Å²) in [6.45, 7) is 2.54.